The minimum Gasteiger partial charge on any atom is -0.467 e. The van der Waals surface area contributed by atoms with Crippen LogP contribution in [-0.4, -0.2) is 51.4 Å². The number of nitrogens with zero attached hydrogens (tertiary/aromatic N) is 2. The van der Waals surface area contributed by atoms with Crippen LogP contribution in [0.2, 0.25) is 0 Å². The maximum absolute atomic E-state index is 12.0. The van der Waals surface area contributed by atoms with Crippen LogP contribution in [0.1, 0.15) is 17.4 Å². The molecule has 0 radical (unpaired) electrons. The van der Waals surface area contributed by atoms with Crippen molar-refractivity contribution in [2.45, 2.75) is 12.6 Å². The molecule has 7 nitrogen and oxygen atoms in total. The summed E-state index contributed by atoms with van der Waals surface area (Å²) in [7, 11) is 7.85. The number of likely N-dealkylation sites (N-methyl/N-ethyl adjacent to an activating group) is 1. The fraction of sp³-hybridized carbons (Fsp3) is 0.368. The van der Waals surface area contributed by atoms with Gasteiger partial charge in [-0.15, -0.1) is 0 Å². The molecule has 1 aromatic carbocycles. The molecule has 0 saturated carbocycles. The van der Waals surface area contributed by atoms with E-state index in [0.717, 1.165) is 11.3 Å². The minimum absolute atomic E-state index is 0.0342. The third-order valence-corrected chi connectivity index (χ3v) is 4.08. The van der Waals surface area contributed by atoms with Crippen molar-refractivity contribution < 1.29 is 14.0 Å². The number of rotatable bonds is 7. The summed E-state index contributed by atoms with van der Waals surface area (Å²) in [6, 6.07) is 11.6. The van der Waals surface area contributed by atoms with Crippen LogP contribution in [0.5, 0.6) is 0 Å². The highest BCUT2D eigenvalue weighted by Crippen LogP contribution is 2.20. The average molecular weight is 358 g/mol. The number of furan rings is 1. The highest BCUT2D eigenvalue weighted by Gasteiger charge is 2.19. The predicted octanol–water partition coefficient (Wildman–Crippen LogP) is 1.38. The topological polar surface area (TPSA) is 77.8 Å². The molecule has 1 atom stereocenters. The largest absolute Gasteiger partial charge is 0.467 e. The Hall–Kier alpha value is -2.80. The summed E-state index contributed by atoms with van der Waals surface area (Å²) < 4.78 is 5.12. The Morgan fingerprint density at radius 3 is 2.19 bits per heavy atom. The van der Waals surface area contributed by atoms with Gasteiger partial charge in [0, 0.05) is 26.3 Å². The first kappa shape index (κ1) is 19.5. The Balaban J connectivity index is 1.90. The second kappa shape index (κ2) is 9.05. The van der Waals surface area contributed by atoms with Gasteiger partial charge >= 0.3 is 11.8 Å². The molecule has 1 heterocycles. The lowest BCUT2D eigenvalue weighted by atomic mass is 10.1. The Morgan fingerprint density at radius 2 is 1.65 bits per heavy atom. The molecule has 0 saturated heterocycles. The summed E-state index contributed by atoms with van der Waals surface area (Å²) in [5, 5.41) is 5.23. The monoisotopic (exact) mass is 358 g/mol. The molecule has 0 fully saturated rings. The zero-order chi connectivity index (χ0) is 19.1. The second-order valence-corrected chi connectivity index (χ2v) is 6.44. The van der Waals surface area contributed by atoms with Crippen LogP contribution in [0.3, 0.4) is 0 Å². The lowest BCUT2D eigenvalue weighted by molar-refractivity contribution is -0.139. The van der Waals surface area contributed by atoms with Gasteiger partial charge in [0.05, 0.1) is 18.8 Å². The number of benzene rings is 1. The van der Waals surface area contributed by atoms with Crippen molar-refractivity contribution in [3.63, 3.8) is 0 Å². The lowest BCUT2D eigenvalue weighted by Gasteiger charge is -2.25. The summed E-state index contributed by atoms with van der Waals surface area (Å²) in [4.78, 5) is 28.0. The number of hydrogen-bond donors (Lipinski definition) is 2. The van der Waals surface area contributed by atoms with Gasteiger partial charge in [0.15, 0.2) is 0 Å². The molecule has 2 aromatic rings. The molecule has 26 heavy (non-hydrogen) atoms. The van der Waals surface area contributed by atoms with Crippen LogP contribution in [0, 0.1) is 0 Å². The molecule has 2 rings (SSSR count). The Kier molecular flexibility index (Phi) is 6.80. The first-order valence-corrected chi connectivity index (χ1v) is 8.40. The van der Waals surface area contributed by atoms with Crippen LogP contribution < -0.4 is 15.5 Å². The van der Waals surface area contributed by atoms with Gasteiger partial charge in [0.1, 0.15) is 5.76 Å². The minimum atomic E-state index is -0.679. The third-order valence-electron chi connectivity index (χ3n) is 4.08. The molecule has 2 amide bonds. The highest BCUT2D eigenvalue weighted by molar-refractivity contribution is 6.35. The van der Waals surface area contributed by atoms with Gasteiger partial charge < -0.3 is 24.9 Å². The zero-order valence-corrected chi connectivity index (χ0v) is 15.7. The number of anilines is 1. The quantitative estimate of drug-likeness (QED) is 0.731. The number of nitrogens with one attached hydrogen (secondary N) is 2. The Labute approximate surface area is 154 Å². The maximum Gasteiger partial charge on any atom is 0.309 e. The molecular formula is C19H26N4O3. The van der Waals surface area contributed by atoms with Gasteiger partial charge in [-0.1, -0.05) is 12.1 Å². The van der Waals surface area contributed by atoms with Crippen LogP contribution in [-0.2, 0) is 16.1 Å². The van der Waals surface area contributed by atoms with Crippen LogP contribution in [0.15, 0.2) is 47.1 Å². The molecular weight excluding hydrogens is 332 g/mol. The van der Waals surface area contributed by atoms with Crippen LogP contribution in [0.4, 0.5) is 5.69 Å². The predicted molar refractivity (Wildman–Crippen MR) is 101 cm³/mol. The molecule has 0 aliphatic carbocycles. The van der Waals surface area contributed by atoms with Crippen molar-refractivity contribution >= 4 is 17.5 Å². The molecule has 1 aromatic heterocycles. The van der Waals surface area contributed by atoms with Crippen LogP contribution in [0.25, 0.3) is 0 Å². The number of hydrogen-bond acceptors (Lipinski definition) is 5. The smallest absolute Gasteiger partial charge is 0.309 e. The van der Waals surface area contributed by atoms with E-state index in [0.29, 0.717) is 12.3 Å². The van der Waals surface area contributed by atoms with Gasteiger partial charge in [-0.3, -0.25) is 9.59 Å². The van der Waals surface area contributed by atoms with E-state index in [4.69, 9.17) is 4.42 Å². The zero-order valence-electron chi connectivity index (χ0n) is 15.7. The molecule has 0 aliphatic heterocycles. The summed E-state index contributed by atoms with van der Waals surface area (Å²) >= 11 is 0. The number of carbonyl (C=O) groups excluding carboxylic acids is 2. The van der Waals surface area contributed by atoms with Crippen molar-refractivity contribution in [2.24, 2.45) is 0 Å². The summed E-state index contributed by atoms with van der Waals surface area (Å²) in [5.74, 6) is -0.742. The van der Waals surface area contributed by atoms with Gasteiger partial charge in [-0.2, -0.15) is 0 Å². The van der Waals surface area contributed by atoms with E-state index in [1.807, 2.05) is 62.3 Å². The molecule has 2 N–H and O–H groups in total. The maximum atomic E-state index is 12.0. The fourth-order valence-corrected chi connectivity index (χ4v) is 2.52. The van der Waals surface area contributed by atoms with E-state index in [9.17, 15) is 9.59 Å². The normalized spacial score (nSPS) is 11.9. The number of amides is 2. The number of carbonyl (C=O) groups is 2. The highest BCUT2D eigenvalue weighted by atomic mass is 16.3. The van der Waals surface area contributed by atoms with Gasteiger partial charge in [0.2, 0.25) is 0 Å². The van der Waals surface area contributed by atoms with E-state index in [1.54, 1.807) is 12.1 Å². The van der Waals surface area contributed by atoms with Gasteiger partial charge in [0.25, 0.3) is 0 Å². The van der Waals surface area contributed by atoms with Crippen molar-refractivity contribution in [2.75, 3.05) is 39.6 Å². The van der Waals surface area contributed by atoms with E-state index in [-0.39, 0.29) is 12.6 Å². The third kappa shape index (κ3) is 5.35. The summed E-state index contributed by atoms with van der Waals surface area (Å²) in [6.45, 7) is 0.518. The van der Waals surface area contributed by atoms with Crippen molar-refractivity contribution in [3.8, 4) is 0 Å². The molecule has 140 valence electrons. The van der Waals surface area contributed by atoms with E-state index >= 15 is 0 Å². The fourth-order valence-electron chi connectivity index (χ4n) is 2.52. The van der Waals surface area contributed by atoms with Crippen molar-refractivity contribution in [1.29, 1.82) is 0 Å². The SMILES string of the molecule is CN(C)c1ccc([C@@H](CNC(=O)C(=O)NCc2ccco2)N(C)C)cc1. The Bertz CT molecular complexity index is 709. The standard InChI is InChI=1S/C19H26N4O3/c1-22(2)15-9-7-14(8-10-15)17(23(3)4)13-21-19(25)18(24)20-12-16-6-5-11-26-16/h5-11,17H,12-13H2,1-4H3,(H,20,24)(H,21,25)/t17-/m1/s1. The van der Waals surface area contributed by atoms with Crippen molar-refractivity contribution in [1.82, 2.24) is 15.5 Å². The molecule has 7 heteroatoms. The van der Waals surface area contributed by atoms with Gasteiger partial charge in [-0.05, 0) is 43.9 Å². The second-order valence-electron chi connectivity index (χ2n) is 6.44. The van der Waals surface area contributed by atoms with E-state index in [2.05, 4.69) is 10.6 Å². The summed E-state index contributed by atoms with van der Waals surface area (Å²) in [6.07, 6.45) is 1.52. The lowest BCUT2D eigenvalue weighted by Crippen LogP contribution is -2.42. The molecule has 0 bridgehead atoms. The molecule has 0 spiro atoms. The van der Waals surface area contributed by atoms with E-state index in [1.165, 1.54) is 6.26 Å². The van der Waals surface area contributed by atoms with Crippen LogP contribution >= 0.6 is 0 Å². The first-order valence-electron chi connectivity index (χ1n) is 8.40. The molecule has 0 aliphatic rings. The average Bonchev–Trinajstić information content (AvgIpc) is 3.13. The first-order chi connectivity index (χ1) is 12.4. The Morgan fingerprint density at radius 1 is 1.00 bits per heavy atom. The molecule has 0 unspecified atom stereocenters. The summed E-state index contributed by atoms with van der Waals surface area (Å²) in [5.41, 5.74) is 2.17. The van der Waals surface area contributed by atoms with Gasteiger partial charge in [-0.25, -0.2) is 0 Å². The van der Waals surface area contributed by atoms with E-state index < -0.39 is 11.8 Å². The van der Waals surface area contributed by atoms with Crippen molar-refractivity contribution in [3.05, 3.63) is 54.0 Å².